The smallest absolute Gasteiger partial charge is 0.326 e. The first-order valence-electron chi connectivity index (χ1n) is 7.47. The van der Waals surface area contributed by atoms with Gasteiger partial charge in [-0.3, -0.25) is 9.59 Å². The lowest BCUT2D eigenvalue weighted by Crippen LogP contribution is -2.56. The van der Waals surface area contributed by atoms with Crippen LogP contribution < -0.4 is 16.4 Å². The number of nitrogens with one attached hydrogen (secondary N) is 2. The van der Waals surface area contributed by atoms with Gasteiger partial charge in [0.2, 0.25) is 11.8 Å². The minimum Gasteiger partial charge on any atom is -0.480 e. The van der Waals surface area contributed by atoms with Crippen molar-refractivity contribution in [2.24, 2.45) is 11.7 Å². The number of hydrogen-bond acceptors (Lipinski definition) is 6. The van der Waals surface area contributed by atoms with Crippen LogP contribution in [-0.2, 0) is 14.4 Å². The summed E-state index contributed by atoms with van der Waals surface area (Å²) in [6, 6.07) is -3.09. The van der Waals surface area contributed by atoms with Crippen LogP contribution in [0.5, 0.6) is 0 Å². The standard InChI is InChI=1S/C14H27N3O5S/c1-4-8(2)11(14(21)22)17-13(20)10(7-18)16-12(19)9(15)5-6-23-3/h8-11,18H,4-7,15H2,1-3H3,(H,16,19)(H,17,20)(H,21,22). The summed E-state index contributed by atoms with van der Waals surface area (Å²) < 4.78 is 0. The van der Waals surface area contributed by atoms with Crippen LogP contribution in [0.15, 0.2) is 0 Å². The van der Waals surface area contributed by atoms with Gasteiger partial charge in [0.05, 0.1) is 12.6 Å². The predicted molar refractivity (Wildman–Crippen MR) is 89.0 cm³/mol. The number of amides is 2. The second-order valence-corrected chi connectivity index (χ2v) is 6.33. The number of carbonyl (C=O) groups excluding carboxylic acids is 2. The van der Waals surface area contributed by atoms with E-state index in [1.165, 1.54) is 0 Å². The molecule has 0 heterocycles. The second-order valence-electron chi connectivity index (χ2n) is 5.34. The molecule has 2 amide bonds. The Morgan fingerprint density at radius 1 is 1.22 bits per heavy atom. The van der Waals surface area contributed by atoms with Crippen molar-refractivity contribution in [1.82, 2.24) is 10.6 Å². The number of nitrogens with two attached hydrogens (primary N) is 1. The average molecular weight is 349 g/mol. The van der Waals surface area contributed by atoms with Crippen molar-refractivity contribution in [2.45, 2.75) is 44.8 Å². The Kier molecular flexibility index (Phi) is 10.6. The minimum absolute atomic E-state index is 0.282. The first-order chi connectivity index (χ1) is 10.8. The number of aliphatic hydroxyl groups is 1. The van der Waals surface area contributed by atoms with Crippen LogP contribution in [0.4, 0.5) is 0 Å². The van der Waals surface area contributed by atoms with Gasteiger partial charge in [-0.25, -0.2) is 4.79 Å². The monoisotopic (exact) mass is 349 g/mol. The van der Waals surface area contributed by atoms with Gasteiger partial charge in [0.25, 0.3) is 0 Å². The quantitative estimate of drug-likeness (QED) is 0.327. The third kappa shape index (κ3) is 7.67. The third-order valence-corrected chi connectivity index (χ3v) is 4.21. The van der Waals surface area contributed by atoms with E-state index in [4.69, 9.17) is 10.8 Å². The summed E-state index contributed by atoms with van der Waals surface area (Å²) in [7, 11) is 0. The molecule has 6 N–H and O–H groups in total. The van der Waals surface area contributed by atoms with E-state index in [0.717, 1.165) is 0 Å². The van der Waals surface area contributed by atoms with Crippen LogP contribution in [0.1, 0.15) is 26.7 Å². The van der Waals surface area contributed by atoms with Crippen molar-refractivity contribution in [3.8, 4) is 0 Å². The fraction of sp³-hybridized carbons (Fsp3) is 0.786. The summed E-state index contributed by atoms with van der Waals surface area (Å²) in [6.07, 6.45) is 2.89. The van der Waals surface area contributed by atoms with E-state index in [0.29, 0.717) is 18.6 Å². The fourth-order valence-corrected chi connectivity index (χ4v) is 2.28. The maximum Gasteiger partial charge on any atom is 0.326 e. The molecule has 4 atom stereocenters. The summed E-state index contributed by atoms with van der Waals surface area (Å²) >= 11 is 1.54. The van der Waals surface area contributed by atoms with Crippen molar-refractivity contribution < 1.29 is 24.6 Å². The van der Waals surface area contributed by atoms with Gasteiger partial charge >= 0.3 is 5.97 Å². The van der Waals surface area contributed by atoms with Crippen LogP contribution in [0, 0.1) is 5.92 Å². The summed E-state index contributed by atoms with van der Waals surface area (Å²) in [6.45, 7) is 2.87. The SMILES string of the molecule is CCC(C)C(NC(=O)C(CO)NC(=O)C(N)CCSC)C(=O)O. The van der Waals surface area contributed by atoms with Crippen molar-refractivity contribution in [3.63, 3.8) is 0 Å². The van der Waals surface area contributed by atoms with Crippen LogP contribution in [0.2, 0.25) is 0 Å². The van der Waals surface area contributed by atoms with E-state index >= 15 is 0 Å². The molecule has 0 radical (unpaired) electrons. The molecule has 23 heavy (non-hydrogen) atoms. The third-order valence-electron chi connectivity index (χ3n) is 3.56. The van der Waals surface area contributed by atoms with Crippen LogP contribution in [0.3, 0.4) is 0 Å². The molecule has 0 saturated carbocycles. The Hall–Kier alpha value is -1.32. The summed E-state index contributed by atoms with van der Waals surface area (Å²) in [5.74, 6) is -2.04. The highest BCUT2D eigenvalue weighted by Gasteiger charge is 2.29. The Morgan fingerprint density at radius 2 is 1.83 bits per heavy atom. The van der Waals surface area contributed by atoms with E-state index in [1.54, 1.807) is 18.7 Å². The zero-order valence-electron chi connectivity index (χ0n) is 13.7. The fourth-order valence-electron chi connectivity index (χ4n) is 1.79. The number of rotatable bonds is 11. The summed E-state index contributed by atoms with van der Waals surface area (Å²) in [5.41, 5.74) is 5.69. The topological polar surface area (TPSA) is 142 Å². The summed E-state index contributed by atoms with van der Waals surface area (Å²) in [5, 5.41) is 23.1. The molecule has 0 aromatic heterocycles. The first kappa shape index (κ1) is 21.7. The molecule has 0 rings (SSSR count). The van der Waals surface area contributed by atoms with Crippen molar-refractivity contribution in [3.05, 3.63) is 0 Å². The van der Waals surface area contributed by atoms with E-state index in [9.17, 15) is 19.5 Å². The molecule has 0 bridgehead atoms. The van der Waals surface area contributed by atoms with Gasteiger partial charge in [-0.2, -0.15) is 11.8 Å². The number of aliphatic carboxylic acids is 1. The number of thioether (sulfide) groups is 1. The lowest BCUT2D eigenvalue weighted by Gasteiger charge is -2.24. The van der Waals surface area contributed by atoms with Gasteiger partial charge in [0.15, 0.2) is 0 Å². The van der Waals surface area contributed by atoms with Gasteiger partial charge in [0, 0.05) is 0 Å². The molecular formula is C14H27N3O5S. The maximum absolute atomic E-state index is 12.1. The Balaban J connectivity index is 4.73. The van der Waals surface area contributed by atoms with Crippen LogP contribution >= 0.6 is 11.8 Å². The number of carboxylic acid groups (broad SMARTS) is 1. The molecule has 9 heteroatoms. The van der Waals surface area contributed by atoms with E-state index in [1.807, 2.05) is 13.2 Å². The zero-order valence-corrected chi connectivity index (χ0v) is 14.6. The van der Waals surface area contributed by atoms with Gasteiger partial charge in [-0.15, -0.1) is 0 Å². The molecule has 4 unspecified atom stereocenters. The van der Waals surface area contributed by atoms with E-state index in [-0.39, 0.29) is 5.92 Å². The number of carboxylic acids is 1. The Bertz CT molecular complexity index is 408. The lowest BCUT2D eigenvalue weighted by atomic mass is 9.99. The van der Waals surface area contributed by atoms with Gasteiger partial charge in [0.1, 0.15) is 12.1 Å². The predicted octanol–water partition coefficient (Wildman–Crippen LogP) is -0.841. The largest absolute Gasteiger partial charge is 0.480 e. The normalized spacial score (nSPS) is 16.0. The van der Waals surface area contributed by atoms with E-state index in [2.05, 4.69) is 10.6 Å². The van der Waals surface area contributed by atoms with Crippen molar-refractivity contribution in [1.29, 1.82) is 0 Å². The Morgan fingerprint density at radius 3 is 2.26 bits per heavy atom. The molecule has 0 saturated heterocycles. The van der Waals surface area contributed by atoms with Crippen molar-refractivity contribution >= 4 is 29.5 Å². The molecular weight excluding hydrogens is 322 g/mol. The van der Waals surface area contributed by atoms with Gasteiger partial charge in [-0.05, 0) is 24.3 Å². The highest BCUT2D eigenvalue weighted by Crippen LogP contribution is 2.08. The lowest BCUT2D eigenvalue weighted by molar-refractivity contribution is -0.144. The van der Waals surface area contributed by atoms with E-state index < -0.39 is 42.5 Å². The number of aliphatic hydroxyl groups excluding tert-OH is 1. The second kappa shape index (κ2) is 11.3. The average Bonchev–Trinajstić information content (AvgIpc) is 2.53. The number of hydrogen-bond donors (Lipinski definition) is 5. The molecule has 0 aliphatic heterocycles. The molecule has 0 aliphatic rings. The zero-order chi connectivity index (χ0) is 18.0. The van der Waals surface area contributed by atoms with Gasteiger partial charge < -0.3 is 26.6 Å². The molecule has 0 aromatic rings. The Labute approximate surface area is 140 Å². The molecule has 8 nitrogen and oxygen atoms in total. The summed E-state index contributed by atoms with van der Waals surface area (Å²) in [4.78, 5) is 35.2. The molecule has 0 aliphatic carbocycles. The molecule has 0 fully saturated rings. The maximum atomic E-state index is 12.1. The van der Waals surface area contributed by atoms with Crippen LogP contribution in [0.25, 0.3) is 0 Å². The highest BCUT2D eigenvalue weighted by molar-refractivity contribution is 7.98. The van der Waals surface area contributed by atoms with Crippen molar-refractivity contribution in [2.75, 3.05) is 18.6 Å². The van der Waals surface area contributed by atoms with Crippen LogP contribution in [-0.4, -0.2) is 64.7 Å². The highest BCUT2D eigenvalue weighted by atomic mass is 32.2. The minimum atomic E-state index is -1.23. The van der Waals surface area contributed by atoms with Gasteiger partial charge in [-0.1, -0.05) is 20.3 Å². The molecule has 134 valence electrons. The molecule has 0 spiro atoms. The molecule has 0 aromatic carbocycles. The first-order valence-corrected chi connectivity index (χ1v) is 8.86. The number of carbonyl (C=O) groups is 3.